The van der Waals surface area contributed by atoms with Gasteiger partial charge in [-0.15, -0.1) is 113 Å². The van der Waals surface area contributed by atoms with E-state index in [2.05, 4.69) is 12.1 Å². The molecule has 418 valence electrons. The van der Waals surface area contributed by atoms with E-state index >= 15 is 0 Å². The normalized spacial score (nSPS) is 16.8. The Labute approximate surface area is 505 Å². The molecule has 26 heteroatoms. The summed E-state index contributed by atoms with van der Waals surface area (Å²) >= 11 is 16.2. The molecule has 0 unspecified atom stereocenters. The average Bonchev–Trinajstić information content (AvgIpc) is 3.46. The second-order valence-electron chi connectivity index (χ2n) is 19.0. The molecule has 8 aliphatic rings. The molecule has 0 amide bonds. The van der Waals surface area contributed by atoms with Crippen LogP contribution in [0.4, 0.5) is 0 Å². The van der Waals surface area contributed by atoms with Gasteiger partial charge in [-0.3, -0.25) is 0 Å². The molecular weight excluding hydrogens is 1250 g/mol. The van der Waals surface area contributed by atoms with Gasteiger partial charge in [0.1, 0.15) is 106 Å². The Bertz CT molecular complexity index is 3940. The van der Waals surface area contributed by atoms with E-state index < -0.39 is 0 Å². The molecule has 0 bridgehead atoms. The molecule has 82 heavy (non-hydrogen) atoms. The highest BCUT2D eigenvalue weighted by molar-refractivity contribution is 7.32. The first kappa shape index (κ1) is 49.2. The summed E-state index contributed by atoms with van der Waals surface area (Å²) < 4.78 is 103. The Morgan fingerprint density at radius 1 is 0.195 bits per heavy atom. The van der Waals surface area contributed by atoms with Crippen molar-refractivity contribution >= 4 is 113 Å². The predicted octanol–water partition coefficient (Wildman–Crippen LogP) is 15.5. The third-order valence-electron chi connectivity index (χ3n) is 14.2. The van der Waals surface area contributed by atoms with Crippen LogP contribution in [0.15, 0.2) is 33.7 Å². The fourth-order valence-corrected chi connectivity index (χ4v) is 22.7. The first-order valence-electron chi connectivity index (χ1n) is 26.2. The third kappa shape index (κ3) is 7.67. The van der Waals surface area contributed by atoms with E-state index in [0.29, 0.717) is 163 Å². The SMILES string of the molecule is c1sc(-c2sc(-c3cc(-c4sc(-c5scc6c5OCCO6)c5c4OCCO5)c(-c4sc(-c5sc(-c6scc7c6OCCO7)c6c5OCCO6)cc4-c4sc(-c5scc6c5OCCO6)c5c4OCCO5)s3)c3c2OCCO3)c2c1OCCO2. The second kappa shape index (κ2) is 19.7. The zero-order valence-electron chi connectivity index (χ0n) is 42.4. The van der Waals surface area contributed by atoms with Crippen LogP contribution >= 0.6 is 113 Å². The maximum atomic E-state index is 6.79. The highest BCUT2D eigenvalue weighted by Gasteiger charge is 2.40. The van der Waals surface area contributed by atoms with E-state index in [0.717, 1.165) is 124 Å². The van der Waals surface area contributed by atoms with Gasteiger partial charge in [0.25, 0.3) is 0 Å². The lowest BCUT2D eigenvalue weighted by Gasteiger charge is -2.18. The molecule has 0 N–H and O–H groups in total. The molecule has 0 saturated heterocycles. The molecule has 0 atom stereocenters. The van der Waals surface area contributed by atoms with Gasteiger partial charge in [-0.1, -0.05) is 0 Å². The van der Waals surface area contributed by atoms with Crippen LogP contribution in [-0.2, 0) is 0 Å². The van der Waals surface area contributed by atoms with E-state index in [1.165, 1.54) is 0 Å². The van der Waals surface area contributed by atoms with Gasteiger partial charge in [-0.25, -0.2) is 0 Å². The van der Waals surface area contributed by atoms with Gasteiger partial charge >= 0.3 is 0 Å². The Morgan fingerprint density at radius 2 is 0.415 bits per heavy atom. The van der Waals surface area contributed by atoms with Crippen LogP contribution in [0.5, 0.6) is 92.0 Å². The van der Waals surface area contributed by atoms with Crippen LogP contribution in [0.25, 0.3) is 89.2 Å². The van der Waals surface area contributed by atoms with E-state index in [1.54, 1.807) is 113 Å². The first-order valence-corrected chi connectivity index (χ1v) is 34.6. The molecule has 10 aromatic heterocycles. The minimum atomic E-state index is 0.379. The van der Waals surface area contributed by atoms with Gasteiger partial charge in [0.2, 0.25) is 0 Å². The van der Waals surface area contributed by atoms with E-state index in [4.69, 9.17) is 75.8 Å². The minimum absolute atomic E-state index is 0.379. The molecule has 0 aromatic carbocycles. The number of ether oxygens (including phenoxy) is 16. The lowest BCUT2D eigenvalue weighted by Crippen LogP contribution is -2.15. The van der Waals surface area contributed by atoms with Crippen molar-refractivity contribution in [1.82, 2.24) is 0 Å². The van der Waals surface area contributed by atoms with Crippen molar-refractivity contribution in [3.8, 4) is 181 Å². The van der Waals surface area contributed by atoms with Crippen molar-refractivity contribution in [1.29, 1.82) is 0 Å². The molecule has 0 aliphatic carbocycles. The second-order valence-corrected chi connectivity index (χ2v) is 28.7. The van der Waals surface area contributed by atoms with Gasteiger partial charge < -0.3 is 75.8 Å². The largest absolute Gasteiger partial charge is 0.485 e. The van der Waals surface area contributed by atoms with Gasteiger partial charge in [-0.2, -0.15) is 0 Å². The number of thiophene rings is 10. The minimum Gasteiger partial charge on any atom is -0.485 e. The van der Waals surface area contributed by atoms with Crippen LogP contribution < -0.4 is 75.8 Å². The fraction of sp³-hybridized carbons (Fsp3) is 0.286. The standard InChI is InChI=1S/C56H38O16S10/c1-5-61-31-25(57-1)19-73-49(31)53-39-35(65-9-13-69-39)43(79-53)23-17-29(47-37-41(71-15-11-67-37)55(81-47)51-33-27(21-75-51)59-3-7-63-33)77-45(23)46-24(44-36-40(70-14-10-66-36)54(80-44)50-32-26(20-74-50)58-2-6-62-32)18-30(78-46)48-38-42(72-16-12-68-38)56(82-48)52-34-28(22-76-52)60-4-8-64-34/h17-22H,1-16H2. The van der Waals surface area contributed by atoms with Crippen LogP contribution in [0.3, 0.4) is 0 Å². The van der Waals surface area contributed by atoms with Crippen LogP contribution in [-0.4, -0.2) is 106 Å². The molecule has 18 heterocycles. The van der Waals surface area contributed by atoms with Crippen LogP contribution in [0, 0.1) is 0 Å². The number of fused-ring (bicyclic) bond motifs is 8. The summed E-state index contributed by atoms with van der Waals surface area (Å²) in [5.74, 6) is 11.3. The predicted molar refractivity (Wildman–Crippen MR) is 322 cm³/mol. The maximum Gasteiger partial charge on any atom is 0.181 e. The van der Waals surface area contributed by atoms with E-state index in [1.807, 2.05) is 21.5 Å². The summed E-state index contributed by atoms with van der Waals surface area (Å²) in [6.45, 7) is 6.96. The summed E-state index contributed by atoms with van der Waals surface area (Å²) in [5, 5.41) is 8.05. The van der Waals surface area contributed by atoms with Crippen molar-refractivity contribution in [3.63, 3.8) is 0 Å². The van der Waals surface area contributed by atoms with Gasteiger partial charge in [-0.05, 0) is 12.1 Å². The highest BCUT2D eigenvalue weighted by atomic mass is 32.1. The Kier molecular flexibility index (Phi) is 11.8. The topological polar surface area (TPSA) is 148 Å². The van der Waals surface area contributed by atoms with Gasteiger partial charge in [0.15, 0.2) is 92.0 Å². The van der Waals surface area contributed by atoms with E-state index in [9.17, 15) is 0 Å². The van der Waals surface area contributed by atoms with E-state index in [-0.39, 0.29) is 0 Å². The Morgan fingerprint density at radius 3 is 0.695 bits per heavy atom. The maximum absolute atomic E-state index is 6.79. The number of hydrogen-bond donors (Lipinski definition) is 0. The molecular formula is C56H38O16S10. The van der Waals surface area contributed by atoms with Crippen LogP contribution in [0.1, 0.15) is 0 Å². The smallest absolute Gasteiger partial charge is 0.181 e. The Balaban J connectivity index is 0.896. The van der Waals surface area contributed by atoms with Crippen molar-refractivity contribution in [3.05, 3.63) is 33.7 Å². The molecule has 0 spiro atoms. The Hall–Kier alpha value is -6.20. The summed E-state index contributed by atoms with van der Waals surface area (Å²) in [5.41, 5.74) is 1.91. The molecule has 0 saturated carbocycles. The number of rotatable bonds is 9. The number of hydrogen-bond acceptors (Lipinski definition) is 26. The third-order valence-corrected chi connectivity index (χ3v) is 26.1. The highest BCUT2D eigenvalue weighted by Crippen LogP contribution is 2.68. The average molecular weight is 1290 g/mol. The molecule has 8 aliphatic heterocycles. The molecule has 10 aromatic rings. The molecule has 18 rings (SSSR count). The summed E-state index contributed by atoms with van der Waals surface area (Å²) in [6, 6.07) is 4.57. The summed E-state index contributed by atoms with van der Waals surface area (Å²) in [6.07, 6.45) is 0. The molecule has 16 nitrogen and oxygen atoms in total. The summed E-state index contributed by atoms with van der Waals surface area (Å²) in [4.78, 5) is 15.1. The monoisotopic (exact) mass is 1290 g/mol. The summed E-state index contributed by atoms with van der Waals surface area (Å²) in [7, 11) is 0. The molecule has 0 radical (unpaired) electrons. The lowest BCUT2D eigenvalue weighted by molar-refractivity contribution is 0.172. The lowest BCUT2D eigenvalue weighted by atomic mass is 10.1. The quantitative estimate of drug-likeness (QED) is 0.135. The van der Waals surface area contributed by atoms with Crippen LogP contribution in [0.2, 0.25) is 0 Å². The van der Waals surface area contributed by atoms with Crippen molar-refractivity contribution < 1.29 is 75.8 Å². The van der Waals surface area contributed by atoms with Crippen molar-refractivity contribution in [2.45, 2.75) is 0 Å². The van der Waals surface area contributed by atoms with Crippen molar-refractivity contribution in [2.24, 2.45) is 0 Å². The zero-order valence-corrected chi connectivity index (χ0v) is 50.6. The first-order chi connectivity index (χ1) is 40.7. The zero-order chi connectivity index (χ0) is 53.6. The fourth-order valence-electron chi connectivity index (χ4n) is 10.8. The van der Waals surface area contributed by atoms with Gasteiger partial charge in [0.05, 0.1) is 68.3 Å². The van der Waals surface area contributed by atoms with Gasteiger partial charge in [0, 0.05) is 42.4 Å². The molecule has 0 fully saturated rings. The van der Waals surface area contributed by atoms with Crippen molar-refractivity contribution in [2.75, 3.05) is 106 Å².